The molecule has 0 unspecified atom stereocenters. The number of nitrogen functional groups attached to an aromatic ring is 1. The van der Waals surface area contributed by atoms with Gasteiger partial charge in [-0.05, 0) is 44.2 Å². The SMILES string of the molecule is Cc1ccc(-n2ncc(C(=O)[C@H]3CCN(C(=O)CCN(C)Cc4cccnc4)C3)c2N)cc1. The number of nitrogens with two attached hydrogens (primary N) is 1. The Morgan fingerprint density at radius 3 is 2.70 bits per heavy atom. The largest absolute Gasteiger partial charge is 0.383 e. The lowest BCUT2D eigenvalue weighted by molar-refractivity contribution is -0.130. The first-order valence-electron chi connectivity index (χ1n) is 11.2. The van der Waals surface area contributed by atoms with Crippen LogP contribution in [0.15, 0.2) is 55.0 Å². The number of ketones is 1. The smallest absolute Gasteiger partial charge is 0.223 e. The fourth-order valence-corrected chi connectivity index (χ4v) is 4.19. The van der Waals surface area contributed by atoms with Crippen LogP contribution < -0.4 is 5.73 Å². The minimum atomic E-state index is -0.250. The van der Waals surface area contributed by atoms with Gasteiger partial charge in [0.2, 0.25) is 5.91 Å². The highest BCUT2D eigenvalue weighted by atomic mass is 16.2. The van der Waals surface area contributed by atoms with Crippen molar-refractivity contribution in [2.24, 2.45) is 5.92 Å². The van der Waals surface area contributed by atoms with Gasteiger partial charge in [-0.1, -0.05) is 23.8 Å². The van der Waals surface area contributed by atoms with E-state index in [2.05, 4.69) is 15.0 Å². The van der Waals surface area contributed by atoms with Crippen LogP contribution in [0.1, 0.15) is 34.3 Å². The summed E-state index contributed by atoms with van der Waals surface area (Å²) in [5.74, 6) is 0.118. The highest BCUT2D eigenvalue weighted by Crippen LogP contribution is 2.26. The molecule has 1 fully saturated rings. The predicted octanol–water partition coefficient (Wildman–Crippen LogP) is 2.71. The van der Waals surface area contributed by atoms with Crippen LogP contribution in [0, 0.1) is 12.8 Å². The molecule has 1 aromatic carbocycles. The van der Waals surface area contributed by atoms with E-state index in [4.69, 9.17) is 5.73 Å². The number of carbonyl (C=O) groups is 2. The van der Waals surface area contributed by atoms with Crippen LogP contribution in [0.3, 0.4) is 0 Å². The Balaban J connectivity index is 1.31. The lowest BCUT2D eigenvalue weighted by atomic mass is 9.98. The minimum Gasteiger partial charge on any atom is -0.383 e. The number of likely N-dealkylation sites (tertiary alicyclic amines) is 1. The highest BCUT2D eigenvalue weighted by molar-refractivity contribution is 6.02. The summed E-state index contributed by atoms with van der Waals surface area (Å²) < 4.78 is 1.59. The molecule has 4 rings (SSSR count). The summed E-state index contributed by atoms with van der Waals surface area (Å²) in [6, 6.07) is 11.7. The van der Waals surface area contributed by atoms with Crippen LogP contribution in [0.5, 0.6) is 0 Å². The number of rotatable bonds is 8. The van der Waals surface area contributed by atoms with Gasteiger partial charge in [-0.2, -0.15) is 5.10 Å². The fraction of sp³-hybridized carbons (Fsp3) is 0.360. The molecule has 2 aromatic heterocycles. The molecule has 0 spiro atoms. The van der Waals surface area contributed by atoms with Crippen molar-refractivity contribution in [3.05, 3.63) is 71.7 Å². The lowest BCUT2D eigenvalue weighted by Crippen LogP contribution is -2.32. The number of amides is 1. The van der Waals surface area contributed by atoms with Crippen molar-refractivity contribution < 1.29 is 9.59 Å². The standard InChI is InChI=1S/C25H30N6O2/c1-18-5-7-21(8-6-18)31-25(26)22(15-28-31)24(33)20-9-13-30(17-20)23(32)10-12-29(2)16-19-4-3-11-27-14-19/h3-8,11,14-15,20H,9-10,12-13,16-17,26H2,1-2H3/t20-/m0/s1. The number of pyridine rings is 1. The molecule has 1 aliphatic heterocycles. The molecule has 1 aliphatic rings. The van der Waals surface area contributed by atoms with E-state index in [0.29, 0.717) is 43.9 Å². The van der Waals surface area contributed by atoms with Gasteiger partial charge in [0.15, 0.2) is 5.78 Å². The molecule has 0 saturated carbocycles. The van der Waals surface area contributed by atoms with Gasteiger partial charge in [-0.15, -0.1) is 0 Å². The summed E-state index contributed by atoms with van der Waals surface area (Å²) in [4.78, 5) is 33.9. The maximum absolute atomic E-state index is 13.1. The molecule has 0 radical (unpaired) electrons. The first-order valence-corrected chi connectivity index (χ1v) is 11.2. The third kappa shape index (κ3) is 5.28. The molecule has 1 atom stereocenters. The van der Waals surface area contributed by atoms with Gasteiger partial charge in [0, 0.05) is 50.9 Å². The second-order valence-electron chi connectivity index (χ2n) is 8.73. The maximum Gasteiger partial charge on any atom is 0.223 e. The quantitative estimate of drug-likeness (QED) is 0.535. The second kappa shape index (κ2) is 9.95. The van der Waals surface area contributed by atoms with Gasteiger partial charge in [-0.3, -0.25) is 14.6 Å². The van der Waals surface area contributed by atoms with Crippen molar-refractivity contribution in [2.45, 2.75) is 26.3 Å². The van der Waals surface area contributed by atoms with Gasteiger partial charge >= 0.3 is 0 Å². The van der Waals surface area contributed by atoms with Crippen LogP contribution >= 0.6 is 0 Å². The molecule has 33 heavy (non-hydrogen) atoms. The summed E-state index contributed by atoms with van der Waals surface area (Å²) in [5.41, 5.74) is 9.76. The molecular formula is C25H30N6O2. The Morgan fingerprint density at radius 2 is 1.97 bits per heavy atom. The molecule has 8 nitrogen and oxygen atoms in total. The summed E-state index contributed by atoms with van der Waals surface area (Å²) >= 11 is 0. The number of nitrogens with zero attached hydrogens (tertiary/aromatic N) is 5. The van der Waals surface area contributed by atoms with Gasteiger partial charge in [0.05, 0.1) is 17.4 Å². The Kier molecular flexibility index (Phi) is 6.84. The number of carbonyl (C=O) groups excluding carboxylic acids is 2. The molecule has 1 amide bonds. The maximum atomic E-state index is 13.1. The summed E-state index contributed by atoms with van der Waals surface area (Å²) in [7, 11) is 1.99. The van der Waals surface area contributed by atoms with Crippen LogP contribution in [0.4, 0.5) is 5.82 Å². The lowest BCUT2D eigenvalue weighted by Gasteiger charge is -2.20. The van der Waals surface area contributed by atoms with E-state index in [1.54, 1.807) is 15.8 Å². The van der Waals surface area contributed by atoms with Gasteiger partial charge in [0.25, 0.3) is 0 Å². The molecule has 1 saturated heterocycles. The van der Waals surface area contributed by atoms with Crippen molar-refractivity contribution in [3.8, 4) is 5.69 Å². The zero-order chi connectivity index (χ0) is 23.4. The Hall–Kier alpha value is -3.52. The van der Waals surface area contributed by atoms with E-state index in [1.165, 1.54) is 6.20 Å². The number of aromatic nitrogens is 3. The number of hydrogen-bond donors (Lipinski definition) is 1. The Bertz CT molecular complexity index is 1110. The summed E-state index contributed by atoms with van der Waals surface area (Å²) in [6.07, 6.45) is 6.19. The van der Waals surface area contributed by atoms with E-state index in [-0.39, 0.29) is 17.6 Å². The van der Waals surface area contributed by atoms with E-state index in [1.807, 2.05) is 56.6 Å². The van der Waals surface area contributed by atoms with Crippen LogP contribution in [0.25, 0.3) is 5.69 Å². The zero-order valence-corrected chi connectivity index (χ0v) is 19.1. The third-order valence-corrected chi connectivity index (χ3v) is 6.14. The predicted molar refractivity (Wildman–Crippen MR) is 127 cm³/mol. The molecule has 3 aromatic rings. The van der Waals surface area contributed by atoms with Crippen molar-refractivity contribution in [1.82, 2.24) is 24.6 Å². The van der Waals surface area contributed by atoms with Crippen molar-refractivity contribution in [2.75, 3.05) is 32.4 Å². The average molecular weight is 447 g/mol. The fourth-order valence-electron chi connectivity index (χ4n) is 4.19. The first-order chi connectivity index (χ1) is 15.9. The average Bonchev–Trinajstić information content (AvgIpc) is 3.46. The summed E-state index contributed by atoms with van der Waals surface area (Å²) in [5, 5.41) is 4.33. The Morgan fingerprint density at radius 1 is 1.18 bits per heavy atom. The zero-order valence-electron chi connectivity index (χ0n) is 19.1. The van der Waals surface area contributed by atoms with Crippen molar-refractivity contribution in [1.29, 1.82) is 0 Å². The van der Waals surface area contributed by atoms with E-state index in [9.17, 15) is 9.59 Å². The van der Waals surface area contributed by atoms with E-state index < -0.39 is 0 Å². The van der Waals surface area contributed by atoms with Crippen LogP contribution in [-0.4, -0.2) is 62.9 Å². The minimum absolute atomic E-state index is 0.0464. The first kappa shape index (κ1) is 22.7. The normalized spacial score (nSPS) is 15.8. The molecular weight excluding hydrogens is 416 g/mol. The van der Waals surface area contributed by atoms with Gasteiger partial charge in [0.1, 0.15) is 5.82 Å². The monoisotopic (exact) mass is 446 g/mol. The highest BCUT2D eigenvalue weighted by Gasteiger charge is 2.33. The van der Waals surface area contributed by atoms with Crippen molar-refractivity contribution >= 4 is 17.5 Å². The van der Waals surface area contributed by atoms with Crippen molar-refractivity contribution in [3.63, 3.8) is 0 Å². The molecule has 172 valence electrons. The topological polar surface area (TPSA) is 97.4 Å². The molecule has 2 N–H and O–H groups in total. The number of anilines is 1. The number of hydrogen-bond acceptors (Lipinski definition) is 6. The molecule has 8 heteroatoms. The number of Topliss-reactive ketones (excluding diaryl/α,β-unsaturated/α-hetero) is 1. The summed E-state index contributed by atoms with van der Waals surface area (Å²) in [6.45, 7) is 4.43. The molecule has 0 aliphatic carbocycles. The number of benzene rings is 1. The van der Waals surface area contributed by atoms with E-state index in [0.717, 1.165) is 23.4 Å². The van der Waals surface area contributed by atoms with Gasteiger partial charge in [-0.25, -0.2) is 4.68 Å². The van der Waals surface area contributed by atoms with Crippen LogP contribution in [0.2, 0.25) is 0 Å². The van der Waals surface area contributed by atoms with E-state index >= 15 is 0 Å². The van der Waals surface area contributed by atoms with Crippen LogP contribution in [-0.2, 0) is 11.3 Å². The Labute approximate surface area is 194 Å². The van der Waals surface area contributed by atoms with Gasteiger partial charge < -0.3 is 15.5 Å². The third-order valence-electron chi connectivity index (χ3n) is 6.14. The molecule has 3 heterocycles. The second-order valence-corrected chi connectivity index (χ2v) is 8.73. The molecule has 0 bridgehead atoms. The number of aryl methyl sites for hydroxylation is 1.